The SMILES string of the molecule is O=C(O)Cc1ccccc1N1C[C@@H](O)[C@H](NC2CCN(Cc3ccc(Cl)cc3)CC2)C1. The number of carbonyl (C=O) groups is 1. The Balaban J connectivity index is 1.29. The first-order chi connectivity index (χ1) is 15.0. The number of aliphatic carboxylic acids is 1. The van der Waals surface area contributed by atoms with E-state index in [4.69, 9.17) is 11.6 Å². The van der Waals surface area contributed by atoms with Crippen LogP contribution in [0.4, 0.5) is 5.69 Å². The number of halogens is 1. The van der Waals surface area contributed by atoms with E-state index in [1.165, 1.54) is 5.56 Å². The maximum Gasteiger partial charge on any atom is 0.307 e. The molecule has 31 heavy (non-hydrogen) atoms. The average Bonchev–Trinajstić information content (AvgIpc) is 3.11. The molecule has 0 amide bonds. The molecule has 2 heterocycles. The van der Waals surface area contributed by atoms with E-state index < -0.39 is 12.1 Å². The number of aliphatic hydroxyl groups is 1. The molecule has 2 aromatic rings. The van der Waals surface area contributed by atoms with Crippen molar-refractivity contribution < 1.29 is 15.0 Å². The van der Waals surface area contributed by atoms with Gasteiger partial charge < -0.3 is 20.4 Å². The molecular weight excluding hydrogens is 414 g/mol. The fourth-order valence-electron chi connectivity index (χ4n) is 4.69. The summed E-state index contributed by atoms with van der Waals surface area (Å²) in [6.07, 6.45) is 1.62. The number of piperidine rings is 1. The van der Waals surface area contributed by atoms with E-state index in [0.717, 1.165) is 48.7 Å². The lowest BCUT2D eigenvalue weighted by Crippen LogP contribution is -2.49. The van der Waals surface area contributed by atoms with Crippen molar-refractivity contribution in [2.24, 2.45) is 0 Å². The fourth-order valence-corrected chi connectivity index (χ4v) is 4.81. The van der Waals surface area contributed by atoms with Gasteiger partial charge in [-0.15, -0.1) is 0 Å². The number of rotatable bonds is 7. The van der Waals surface area contributed by atoms with Crippen molar-refractivity contribution >= 4 is 23.3 Å². The maximum atomic E-state index is 11.2. The van der Waals surface area contributed by atoms with E-state index in [-0.39, 0.29) is 12.5 Å². The first kappa shape index (κ1) is 22.1. The van der Waals surface area contributed by atoms with E-state index >= 15 is 0 Å². The number of hydrogen-bond donors (Lipinski definition) is 3. The second-order valence-electron chi connectivity index (χ2n) is 8.62. The molecule has 2 saturated heterocycles. The smallest absolute Gasteiger partial charge is 0.307 e. The van der Waals surface area contributed by atoms with Gasteiger partial charge in [-0.2, -0.15) is 0 Å². The summed E-state index contributed by atoms with van der Waals surface area (Å²) in [5, 5.41) is 24.3. The van der Waals surface area contributed by atoms with Gasteiger partial charge >= 0.3 is 5.97 Å². The Labute approximate surface area is 188 Å². The summed E-state index contributed by atoms with van der Waals surface area (Å²) in [6, 6.07) is 16.0. The minimum atomic E-state index is -0.841. The molecular formula is C24H30ClN3O3. The van der Waals surface area contributed by atoms with Crippen LogP contribution in [-0.4, -0.2) is 65.4 Å². The average molecular weight is 444 g/mol. The minimum Gasteiger partial charge on any atom is -0.481 e. The lowest BCUT2D eigenvalue weighted by atomic mass is 10.0. The Bertz CT molecular complexity index is 884. The molecule has 2 aromatic carbocycles. The highest BCUT2D eigenvalue weighted by Gasteiger charge is 2.34. The predicted molar refractivity (Wildman–Crippen MR) is 123 cm³/mol. The summed E-state index contributed by atoms with van der Waals surface area (Å²) in [5.41, 5.74) is 2.97. The van der Waals surface area contributed by atoms with Crippen molar-refractivity contribution in [3.8, 4) is 0 Å². The molecule has 0 aliphatic carbocycles. The highest BCUT2D eigenvalue weighted by atomic mass is 35.5. The zero-order valence-electron chi connectivity index (χ0n) is 17.6. The number of carboxylic acid groups (broad SMARTS) is 1. The zero-order valence-corrected chi connectivity index (χ0v) is 18.3. The first-order valence-corrected chi connectivity index (χ1v) is 11.3. The van der Waals surface area contributed by atoms with Crippen molar-refractivity contribution in [3.05, 3.63) is 64.7 Å². The van der Waals surface area contributed by atoms with Crippen molar-refractivity contribution in [2.75, 3.05) is 31.1 Å². The van der Waals surface area contributed by atoms with E-state index in [1.807, 2.05) is 36.4 Å². The number of hydrogen-bond acceptors (Lipinski definition) is 5. The number of β-amino-alcohol motifs (C(OH)–C–C–N with tert-alkyl or cyclic N) is 1. The second kappa shape index (κ2) is 10.0. The molecule has 0 aromatic heterocycles. The van der Waals surface area contributed by atoms with Crippen molar-refractivity contribution in [1.82, 2.24) is 10.2 Å². The Hall–Kier alpha value is -2.12. The van der Waals surface area contributed by atoms with Crippen LogP contribution < -0.4 is 10.2 Å². The van der Waals surface area contributed by atoms with Gasteiger partial charge in [0.15, 0.2) is 0 Å². The molecule has 166 valence electrons. The van der Waals surface area contributed by atoms with Crippen molar-refractivity contribution in [1.29, 1.82) is 0 Å². The monoisotopic (exact) mass is 443 g/mol. The van der Waals surface area contributed by atoms with Crippen LogP contribution in [0, 0.1) is 0 Å². The molecule has 0 radical (unpaired) electrons. The van der Waals surface area contributed by atoms with Crippen LogP contribution in [0.2, 0.25) is 5.02 Å². The molecule has 2 aliphatic rings. The van der Waals surface area contributed by atoms with E-state index in [0.29, 0.717) is 19.1 Å². The van der Waals surface area contributed by atoms with Gasteiger partial charge in [0, 0.05) is 36.4 Å². The van der Waals surface area contributed by atoms with Crippen molar-refractivity contribution in [2.45, 2.75) is 44.0 Å². The molecule has 7 heteroatoms. The van der Waals surface area contributed by atoms with Gasteiger partial charge in [0.25, 0.3) is 0 Å². The Morgan fingerprint density at radius 3 is 2.48 bits per heavy atom. The van der Waals surface area contributed by atoms with Crippen molar-refractivity contribution in [3.63, 3.8) is 0 Å². The number of para-hydroxylation sites is 1. The largest absolute Gasteiger partial charge is 0.481 e. The standard InChI is InChI=1S/C24H30ClN3O3/c25-19-7-5-17(6-8-19)14-27-11-9-20(10-12-27)26-21-15-28(16-23(21)29)22-4-2-1-3-18(22)13-24(30)31/h1-8,20-21,23,26,29H,9-16H2,(H,30,31)/t21-,23-/m1/s1. The third-order valence-electron chi connectivity index (χ3n) is 6.32. The summed E-state index contributed by atoms with van der Waals surface area (Å²) in [6.45, 7) is 4.18. The maximum absolute atomic E-state index is 11.2. The molecule has 2 fully saturated rings. The van der Waals surface area contributed by atoms with Crippen LogP contribution in [-0.2, 0) is 17.8 Å². The molecule has 0 unspecified atom stereocenters. The Morgan fingerprint density at radius 2 is 1.77 bits per heavy atom. The number of carboxylic acids is 1. The Morgan fingerprint density at radius 1 is 1.06 bits per heavy atom. The van der Waals surface area contributed by atoms with Gasteiger partial charge in [-0.3, -0.25) is 9.69 Å². The van der Waals surface area contributed by atoms with Gasteiger partial charge in [-0.05, 0) is 55.3 Å². The van der Waals surface area contributed by atoms with Gasteiger partial charge in [0.05, 0.1) is 18.6 Å². The van der Waals surface area contributed by atoms with Gasteiger partial charge in [-0.1, -0.05) is 41.9 Å². The topological polar surface area (TPSA) is 76.0 Å². The lowest BCUT2D eigenvalue weighted by molar-refractivity contribution is -0.136. The highest BCUT2D eigenvalue weighted by molar-refractivity contribution is 6.30. The van der Waals surface area contributed by atoms with Crippen LogP contribution >= 0.6 is 11.6 Å². The molecule has 6 nitrogen and oxygen atoms in total. The van der Waals surface area contributed by atoms with Gasteiger partial charge in [0.1, 0.15) is 0 Å². The van der Waals surface area contributed by atoms with Gasteiger partial charge in [0.2, 0.25) is 0 Å². The lowest BCUT2D eigenvalue weighted by Gasteiger charge is -2.34. The van der Waals surface area contributed by atoms with E-state index in [2.05, 4.69) is 27.2 Å². The number of likely N-dealkylation sites (tertiary alicyclic amines) is 1. The Kier molecular flexibility index (Phi) is 7.13. The first-order valence-electron chi connectivity index (χ1n) is 10.9. The summed E-state index contributed by atoms with van der Waals surface area (Å²) in [7, 11) is 0. The molecule has 3 N–H and O–H groups in total. The number of nitrogens with one attached hydrogen (secondary N) is 1. The summed E-state index contributed by atoms with van der Waals surface area (Å²) in [5.74, 6) is -0.841. The van der Waals surface area contributed by atoms with Crippen LogP contribution in [0.3, 0.4) is 0 Å². The highest BCUT2D eigenvalue weighted by Crippen LogP contribution is 2.26. The number of nitrogens with zero attached hydrogens (tertiary/aromatic N) is 2. The zero-order chi connectivity index (χ0) is 21.8. The van der Waals surface area contributed by atoms with Crippen LogP contribution in [0.1, 0.15) is 24.0 Å². The van der Waals surface area contributed by atoms with Crippen LogP contribution in [0.25, 0.3) is 0 Å². The predicted octanol–water partition coefficient (Wildman–Crippen LogP) is 2.77. The second-order valence-corrected chi connectivity index (χ2v) is 9.06. The molecule has 4 rings (SSSR count). The summed E-state index contributed by atoms with van der Waals surface area (Å²) in [4.78, 5) is 15.8. The number of anilines is 1. The summed E-state index contributed by atoms with van der Waals surface area (Å²) >= 11 is 5.97. The minimum absolute atomic E-state index is 0.00700. The van der Waals surface area contributed by atoms with Crippen LogP contribution in [0.15, 0.2) is 48.5 Å². The number of aliphatic hydroxyl groups excluding tert-OH is 1. The third kappa shape index (κ3) is 5.77. The van der Waals surface area contributed by atoms with Crippen LogP contribution in [0.5, 0.6) is 0 Å². The van der Waals surface area contributed by atoms with Gasteiger partial charge in [-0.25, -0.2) is 0 Å². The molecule has 2 atom stereocenters. The van der Waals surface area contributed by atoms with E-state index in [9.17, 15) is 15.0 Å². The number of benzene rings is 2. The molecule has 2 aliphatic heterocycles. The third-order valence-corrected chi connectivity index (χ3v) is 6.57. The summed E-state index contributed by atoms with van der Waals surface area (Å²) < 4.78 is 0. The molecule has 0 bridgehead atoms. The quantitative estimate of drug-likeness (QED) is 0.611. The van der Waals surface area contributed by atoms with E-state index in [1.54, 1.807) is 0 Å². The fraction of sp³-hybridized carbons (Fsp3) is 0.458. The molecule has 0 spiro atoms. The normalized spacial score (nSPS) is 22.7. The molecule has 0 saturated carbocycles.